The molecule has 0 aliphatic carbocycles. The lowest BCUT2D eigenvalue weighted by Crippen LogP contribution is -2.21. The third kappa shape index (κ3) is 4.48. The standard InChI is InChI=1S/C17H16BrNO5/c1-22-14-8-7-11(9-15(14)23-2)19-16(20)10-24-17(21)12-5-3-4-6-13(12)18/h3-9H,10H2,1-2H3,(H,19,20). The van der Waals surface area contributed by atoms with Crippen LogP contribution in [-0.4, -0.2) is 32.7 Å². The van der Waals surface area contributed by atoms with E-state index in [1.165, 1.54) is 14.2 Å². The van der Waals surface area contributed by atoms with Gasteiger partial charge in [0.05, 0.1) is 19.8 Å². The molecule has 126 valence electrons. The van der Waals surface area contributed by atoms with Crippen LogP contribution in [0.15, 0.2) is 46.9 Å². The van der Waals surface area contributed by atoms with Gasteiger partial charge in [-0.1, -0.05) is 12.1 Å². The summed E-state index contributed by atoms with van der Waals surface area (Å²) in [4.78, 5) is 23.9. The fourth-order valence-corrected chi connectivity index (χ4v) is 2.39. The van der Waals surface area contributed by atoms with Gasteiger partial charge in [-0.2, -0.15) is 0 Å². The van der Waals surface area contributed by atoms with E-state index in [2.05, 4.69) is 21.2 Å². The molecule has 0 fully saturated rings. The summed E-state index contributed by atoms with van der Waals surface area (Å²) in [5, 5.41) is 2.63. The lowest BCUT2D eigenvalue weighted by Gasteiger charge is -2.11. The van der Waals surface area contributed by atoms with Gasteiger partial charge in [-0.05, 0) is 40.2 Å². The lowest BCUT2D eigenvalue weighted by molar-refractivity contribution is -0.119. The molecule has 0 atom stereocenters. The van der Waals surface area contributed by atoms with Crippen molar-refractivity contribution in [2.45, 2.75) is 0 Å². The molecule has 1 N–H and O–H groups in total. The zero-order chi connectivity index (χ0) is 17.5. The molecule has 0 bridgehead atoms. The number of nitrogens with one attached hydrogen (secondary N) is 1. The van der Waals surface area contributed by atoms with Gasteiger partial charge in [-0.15, -0.1) is 0 Å². The van der Waals surface area contributed by atoms with Gasteiger partial charge in [0.1, 0.15) is 0 Å². The molecule has 2 aromatic rings. The Morgan fingerprint density at radius 1 is 1.04 bits per heavy atom. The van der Waals surface area contributed by atoms with Gasteiger partial charge < -0.3 is 19.5 Å². The number of carbonyl (C=O) groups excluding carboxylic acids is 2. The van der Waals surface area contributed by atoms with Crippen LogP contribution in [0.3, 0.4) is 0 Å². The van der Waals surface area contributed by atoms with Crippen LogP contribution >= 0.6 is 15.9 Å². The highest BCUT2D eigenvalue weighted by atomic mass is 79.9. The van der Waals surface area contributed by atoms with Crippen LogP contribution in [0.5, 0.6) is 11.5 Å². The SMILES string of the molecule is COc1ccc(NC(=O)COC(=O)c2ccccc2Br)cc1OC. The minimum atomic E-state index is -0.579. The zero-order valence-corrected chi connectivity index (χ0v) is 14.8. The molecule has 2 aromatic carbocycles. The molecule has 0 saturated carbocycles. The Morgan fingerprint density at radius 2 is 1.75 bits per heavy atom. The number of hydrogen-bond acceptors (Lipinski definition) is 5. The Hall–Kier alpha value is -2.54. The number of anilines is 1. The number of amides is 1. The highest BCUT2D eigenvalue weighted by Gasteiger charge is 2.13. The zero-order valence-electron chi connectivity index (χ0n) is 13.2. The maximum Gasteiger partial charge on any atom is 0.339 e. The van der Waals surface area contributed by atoms with Crippen LogP contribution in [0.4, 0.5) is 5.69 Å². The van der Waals surface area contributed by atoms with Crippen LogP contribution in [0.2, 0.25) is 0 Å². The van der Waals surface area contributed by atoms with Crippen LogP contribution < -0.4 is 14.8 Å². The Labute approximate surface area is 147 Å². The molecule has 0 radical (unpaired) electrons. The molecule has 6 nitrogen and oxygen atoms in total. The number of esters is 1. The average molecular weight is 394 g/mol. The molecule has 2 rings (SSSR count). The van der Waals surface area contributed by atoms with E-state index >= 15 is 0 Å². The fourth-order valence-electron chi connectivity index (χ4n) is 1.95. The van der Waals surface area contributed by atoms with Crippen molar-refractivity contribution >= 4 is 33.5 Å². The second kappa shape index (κ2) is 8.35. The summed E-state index contributed by atoms with van der Waals surface area (Å²) in [6.07, 6.45) is 0. The predicted molar refractivity (Wildman–Crippen MR) is 92.6 cm³/mol. The van der Waals surface area contributed by atoms with Gasteiger partial charge in [-0.25, -0.2) is 4.79 Å². The third-order valence-electron chi connectivity index (χ3n) is 3.10. The molecule has 0 aliphatic rings. The van der Waals surface area contributed by atoms with Gasteiger partial charge in [0.25, 0.3) is 5.91 Å². The first-order valence-corrected chi connectivity index (χ1v) is 7.78. The molecule has 0 unspecified atom stereocenters. The van der Waals surface area contributed by atoms with Crippen molar-refractivity contribution in [2.24, 2.45) is 0 Å². The monoisotopic (exact) mass is 393 g/mol. The number of hydrogen-bond donors (Lipinski definition) is 1. The first-order chi connectivity index (χ1) is 11.5. The highest BCUT2D eigenvalue weighted by Crippen LogP contribution is 2.29. The molecule has 0 aliphatic heterocycles. The van der Waals surface area contributed by atoms with Crippen molar-refractivity contribution in [3.63, 3.8) is 0 Å². The maximum absolute atomic E-state index is 11.9. The van der Waals surface area contributed by atoms with Gasteiger partial charge in [0.2, 0.25) is 0 Å². The Kier molecular flexibility index (Phi) is 6.20. The summed E-state index contributed by atoms with van der Waals surface area (Å²) in [7, 11) is 3.03. The van der Waals surface area contributed by atoms with Gasteiger partial charge in [-0.3, -0.25) is 4.79 Å². The van der Waals surface area contributed by atoms with E-state index in [4.69, 9.17) is 14.2 Å². The first-order valence-electron chi connectivity index (χ1n) is 6.98. The van der Waals surface area contributed by atoms with Crippen LogP contribution in [0, 0.1) is 0 Å². The maximum atomic E-state index is 11.9. The van der Waals surface area contributed by atoms with E-state index in [-0.39, 0.29) is 0 Å². The number of halogens is 1. The summed E-state index contributed by atoms with van der Waals surface area (Å²) in [5.74, 6) is 0.00363. The Morgan fingerprint density at radius 3 is 2.42 bits per heavy atom. The topological polar surface area (TPSA) is 73.9 Å². The van der Waals surface area contributed by atoms with Crippen molar-refractivity contribution in [3.05, 3.63) is 52.5 Å². The molecule has 0 heterocycles. The van der Waals surface area contributed by atoms with E-state index in [9.17, 15) is 9.59 Å². The van der Waals surface area contributed by atoms with E-state index in [0.29, 0.717) is 27.2 Å². The molecule has 24 heavy (non-hydrogen) atoms. The summed E-state index contributed by atoms with van der Waals surface area (Å²) in [5.41, 5.74) is 0.867. The number of ether oxygens (including phenoxy) is 3. The van der Waals surface area contributed by atoms with Gasteiger partial charge in [0, 0.05) is 16.2 Å². The summed E-state index contributed by atoms with van der Waals surface area (Å²) < 4.78 is 15.9. The van der Waals surface area contributed by atoms with Crippen molar-refractivity contribution in [3.8, 4) is 11.5 Å². The predicted octanol–water partition coefficient (Wildman–Crippen LogP) is 3.26. The average Bonchev–Trinajstić information content (AvgIpc) is 2.60. The van der Waals surface area contributed by atoms with Crippen molar-refractivity contribution in [2.75, 3.05) is 26.1 Å². The molecule has 1 amide bonds. The fraction of sp³-hybridized carbons (Fsp3) is 0.176. The molecular weight excluding hydrogens is 378 g/mol. The lowest BCUT2D eigenvalue weighted by atomic mass is 10.2. The summed E-state index contributed by atoms with van der Waals surface area (Å²) >= 11 is 3.26. The van der Waals surface area contributed by atoms with Crippen LogP contribution in [0.25, 0.3) is 0 Å². The summed E-state index contributed by atoms with van der Waals surface area (Å²) in [6.45, 7) is -0.394. The third-order valence-corrected chi connectivity index (χ3v) is 3.79. The molecule has 0 spiro atoms. The Balaban J connectivity index is 1.94. The van der Waals surface area contributed by atoms with E-state index in [1.807, 2.05) is 0 Å². The summed E-state index contributed by atoms with van der Waals surface area (Å²) in [6, 6.07) is 11.8. The Bertz CT molecular complexity index is 748. The second-order valence-corrected chi connectivity index (χ2v) is 5.53. The molecule has 7 heteroatoms. The molecular formula is C17H16BrNO5. The number of methoxy groups -OCH3 is 2. The molecule has 0 saturated heterocycles. The van der Waals surface area contributed by atoms with Gasteiger partial charge >= 0.3 is 5.97 Å². The van der Waals surface area contributed by atoms with Crippen molar-refractivity contribution in [1.29, 1.82) is 0 Å². The number of rotatable bonds is 6. The van der Waals surface area contributed by atoms with Crippen LogP contribution in [-0.2, 0) is 9.53 Å². The number of carbonyl (C=O) groups is 2. The highest BCUT2D eigenvalue weighted by molar-refractivity contribution is 9.10. The minimum Gasteiger partial charge on any atom is -0.493 e. The largest absolute Gasteiger partial charge is 0.493 e. The van der Waals surface area contributed by atoms with Crippen molar-refractivity contribution < 1.29 is 23.8 Å². The van der Waals surface area contributed by atoms with E-state index in [0.717, 1.165) is 0 Å². The minimum absolute atomic E-state index is 0.358. The normalized spacial score (nSPS) is 9.96. The van der Waals surface area contributed by atoms with Gasteiger partial charge in [0.15, 0.2) is 18.1 Å². The van der Waals surface area contributed by atoms with E-state index < -0.39 is 18.5 Å². The quantitative estimate of drug-likeness (QED) is 0.762. The smallest absolute Gasteiger partial charge is 0.339 e. The second-order valence-electron chi connectivity index (χ2n) is 4.67. The van der Waals surface area contributed by atoms with E-state index in [1.54, 1.807) is 42.5 Å². The number of benzene rings is 2. The molecule has 0 aromatic heterocycles. The van der Waals surface area contributed by atoms with Crippen molar-refractivity contribution in [1.82, 2.24) is 0 Å². The first kappa shape index (κ1) is 17.8. The van der Waals surface area contributed by atoms with Crippen LogP contribution in [0.1, 0.15) is 10.4 Å².